The number of thiazole rings is 1. The first-order valence-corrected chi connectivity index (χ1v) is 11.2. The molecule has 3 N–H and O–H groups in total. The maximum Gasteiger partial charge on any atom is 0.416 e. The molecule has 34 heavy (non-hydrogen) atoms. The van der Waals surface area contributed by atoms with Gasteiger partial charge in [0, 0.05) is 18.6 Å². The van der Waals surface area contributed by atoms with Crippen LogP contribution in [0.1, 0.15) is 43.7 Å². The molecule has 1 aliphatic rings. The molecular weight excluding hydrogens is 471 g/mol. The van der Waals surface area contributed by atoms with Crippen LogP contribution in [0, 0.1) is 11.3 Å². The number of halogens is 3. The van der Waals surface area contributed by atoms with E-state index in [4.69, 9.17) is 0 Å². The van der Waals surface area contributed by atoms with Crippen LogP contribution in [0.2, 0.25) is 0 Å². The van der Waals surface area contributed by atoms with E-state index >= 15 is 0 Å². The third-order valence-electron chi connectivity index (χ3n) is 5.96. The highest BCUT2D eigenvalue weighted by atomic mass is 32.1. The van der Waals surface area contributed by atoms with Crippen LogP contribution in [0.3, 0.4) is 0 Å². The molecule has 0 saturated heterocycles. The molecular formula is C22H22F3N5O3S. The first kappa shape index (κ1) is 24.0. The molecule has 2 atom stereocenters. The lowest BCUT2D eigenvalue weighted by Crippen LogP contribution is -2.44. The van der Waals surface area contributed by atoms with Crippen LogP contribution in [0.4, 0.5) is 24.8 Å². The molecule has 0 aromatic carbocycles. The summed E-state index contributed by atoms with van der Waals surface area (Å²) in [4.78, 5) is 28.9. The Hall–Kier alpha value is -3.12. The monoisotopic (exact) mass is 493 g/mol. The number of pyridine rings is 1. The fourth-order valence-corrected chi connectivity index (χ4v) is 5.30. The third-order valence-corrected chi connectivity index (χ3v) is 7.15. The number of nitrogens with one attached hydrogen (secondary N) is 1. The van der Waals surface area contributed by atoms with Crippen molar-refractivity contribution in [1.29, 1.82) is 0 Å². The number of aliphatic carboxylic acids is 1. The second-order valence-electron chi connectivity index (χ2n) is 8.97. The Kier molecular flexibility index (Phi) is 6.06. The maximum absolute atomic E-state index is 13.0. The van der Waals surface area contributed by atoms with Gasteiger partial charge in [-0.05, 0) is 42.9 Å². The average molecular weight is 494 g/mol. The van der Waals surface area contributed by atoms with Crippen molar-refractivity contribution >= 4 is 28.9 Å². The highest BCUT2D eigenvalue weighted by Gasteiger charge is 2.49. The maximum atomic E-state index is 13.0. The second kappa shape index (κ2) is 8.58. The van der Waals surface area contributed by atoms with Crippen molar-refractivity contribution in [1.82, 2.24) is 19.9 Å². The van der Waals surface area contributed by atoms with E-state index in [0.29, 0.717) is 16.3 Å². The normalized spacial score (nSPS) is 22.4. The summed E-state index contributed by atoms with van der Waals surface area (Å²) >= 11 is 1.20. The van der Waals surface area contributed by atoms with Crippen molar-refractivity contribution in [3.63, 3.8) is 0 Å². The van der Waals surface area contributed by atoms with E-state index in [9.17, 15) is 28.2 Å². The minimum absolute atomic E-state index is 0.0174. The number of carbonyl (C=O) groups is 1. The largest absolute Gasteiger partial charge is 0.481 e. The molecule has 1 aliphatic carbocycles. The van der Waals surface area contributed by atoms with Gasteiger partial charge in [-0.3, -0.25) is 4.79 Å². The Labute approximate surface area is 197 Å². The first-order chi connectivity index (χ1) is 15.9. The predicted molar refractivity (Wildman–Crippen MR) is 118 cm³/mol. The Bertz CT molecular complexity index is 1220. The molecule has 1 fully saturated rings. The van der Waals surface area contributed by atoms with E-state index in [1.54, 1.807) is 0 Å². The van der Waals surface area contributed by atoms with Gasteiger partial charge >= 0.3 is 12.1 Å². The van der Waals surface area contributed by atoms with Crippen molar-refractivity contribution < 1.29 is 28.2 Å². The molecule has 1 saturated carbocycles. The number of rotatable bonds is 5. The summed E-state index contributed by atoms with van der Waals surface area (Å²) in [5.74, 6) is -0.921. The van der Waals surface area contributed by atoms with Gasteiger partial charge in [0.05, 0.1) is 16.4 Å². The molecule has 0 bridgehead atoms. The molecule has 0 amide bonds. The van der Waals surface area contributed by atoms with Gasteiger partial charge in [-0.25, -0.2) is 19.9 Å². The van der Waals surface area contributed by atoms with Gasteiger partial charge < -0.3 is 15.5 Å². The average Bonchev–Trinajstić information content (AvgIpc) is 3.24. The zero-order chi connectivity index (χ0) is 24.7. The zero-order valence-electron chi connectivity index (χ0n) is 18.3. The molecule has 0 spiro atoms. The summed E-state index contributed by atoms with van der Waals surface area (Å²) in [5, 5.41) is 24.0. The number of carboxylic acids is 1. The summed E-state index contributed by atoms with van der Waals surface area (Å²) in [7, 11) is 0. The summed E-state index contributed by atoms with van der Waals surface area (Å²) in [6.07, 6.45) is 0.381. The molecule has 3 aromatic rings. The predicted octanol–water partition coefficient (Wildman–Crippen LogP) is 4.86. The van der Waals surface area contributed by atoms with E-state index in [0.717, 1.165) is 18.3 Å². The number of aliphatic hydroxyl groups is 1. The summed E-state index contributed by atoms with van der Waals surface area (Å²) in [5.41, 5.74) is -2.72. The van der Waals surface area contributed by atoms with E-state index < -0.39 is 34.6 Å². The Morgan fingerprint density at radius 3 is 2.59 bits per heavy atom. The van der Waals surface area contributed by atoms with Crippen molar-refractivity contribution in [2.24, 2.45) is 11.3 Å². The Morgan fingerprint density at radius 1 is 1.18 bits per heavy atom. The molecule has 0 unspecified atom stereocenters. The molecule has 4 rings (SSSR count). The number of aromatic nitrogens is 4. The first-order valence-electron chi connectivity index (χ1n) is 10.4. The fourth-order valence-electron chi connectivity index (χ4n) is 4.33. The quantitative estimate of drug-likeness (QED) is 0.461. The number of hydrogen-bond donors (Lipinski definition) is 3. The van der Waals surface area contributed by atoms with Crippen LogP contribution in [-0.4, -0.2) is 36.1 Å². The molecule has 12 heteroatoms. The van der Waals surface area contributed by atoms with E-state index in [-0.39, 0.29) is 30.3 Å². The molecule has 8 nitrogen and oxygen atoms in total. The molecule has 0 radical (unpaired) electrons. The van der Waals surface area contributed by atoms with Crippen molar-refractivity contribution in [3.05, 3.63) is 47.4 Å². The lowest BCUT2D eigenvalue weighted by atomic mass is 9.63. The van der Waals surface area contributed by atoms with Crippen molar-refractivity contribution in [2.75, 3.05) is 5.32 Å². The lowest BCUT2D eigenvalue weighted by Gasteiger charge is -2.44. The summed E-state index contributed by atoms with van der Waals surface area (Å²) in [6.45, 7) is 3.65. The zero-order valence-corrected chi connectivity index (χ0v) is 19.1. The van der Waals surface area contributed by atoms with E-state index in [1.807, 2.05) is 13.8 Å². The summed E-state index contributed by atoms with van der Waals surface area (Å²) in [6, 6.07) is 3.26. The number of carboxylic acid groups (broad SMARTS) is 1. The van der Waals surface area contributed by atoms with Crippen LogP contribution >= 0.6 is 11.3 Å². The standard InChI is InChI=1S/C22H22F3N5O3S/c1-20(2)11-21(33,6-3-13(20)18(31)32)19-28-10-14(34-19)17-27-8-5-15(30-17)29-16-9-12(4-7-26-16)22(23,24)25/h4-5,7-10,13,33H,3,6,11H2,1-2H3,(H,31,32)(H,26,27,29,30)/t13-,21-/m0/s1. The minimum atomic E-state index is -4.49. The van der Waals surface area contributed by atoms with Crippen LogP contribution in [0.5, 0.6) is 0 Å². The van der Waals surface area contributed by atoms with E-state index in [2.05, 4.69) is 25.3 Å². The molecule has 180 valence electrons. The van der Waals surface area contributed by atoms with Crippen LogP contribution in [0.15, 0.2) is 36.8 Å². The Balaban J connectivity index is 1.55. The van der Waals surface area contributed by atoms with Gasteiger partial charge in [-0.1, -0.05) is 13.8 Å². The number of anilines is 2. The van der Waals surface area contributed by atoms with Gasteiger partial charge in [0.2, 0.25) is 0 Å². The SMILES string of the molecule is CC1(C)C[C@](O)(c2ncc(-c3nccc(Nc4cc(C(F)(F)F)ccn4)n3)s2)CC[C@H]1C(=O)O. The lowest BCUT2D eigenvalue weighted by molar-refractivity contribution is -0.154. The highest BCUT2D eigenvalue weighted by Crippen LogP contribution is 2.50. The van der Waals surface area contributed by atoms with Crippen molar-refractivity contribution in [2.45, 2.75) is 44.9 Å². The van der Waals surface area contributed by atoms with Gasteiger partial charge in [0.15, 0.2) is 5.82 Å². The van der Waals surface area contributed by atoms with Gasteiger partial charge in [0.1, 0.15) is 22.2 Å². The number of hydrogen-bond acceptors (Lipinski definition) is 8. The van der Waals surface area contributed by atoms with Gasteiger partial charge in [0.25, 0.3) is 0 Å². The van der Waals surface area contributed by atoms with Crippen molar-refractivity contribution in [3.8, 4) is 10.7 Å². The van der Waals surface area contributed by atoms with Crippen LogP contribution in [-0.2, 0) is 16.6 Å². The fraction of sp³-hybridized carbons (Fsp3) is 0.409. The molecule has 3 aromatic heterocycles. The van der Waals surface area contributed by atoms with Gasteiger partial charge in [-0.2, -0.15) is 13.2 Å². The van der Waals surface area contributed by atoms with Gasteiger partial charge in [-0.15, -0.1) is 11.3 Å². The van der Waals surface area contributed by atoms with Crippen LogP contribution < -0.4 is 5.32 Å². The second-order valence-corrected chi connectivity index (χ2v) is 10.0. The topological polar surface area (TPSA) is 121 Å². The minimum Gasteiger partial charge on any atom is -0.481 e. The molecule has 3 heterocycles. The number of alkyl halides is 3. The Morgan fingerprint density at radius 2 is 1.91 bits per heavy atom. The van der Waals surface area contributed by atoms with E-state index in [1.165, 1.54) is 29.8 Å². The number of nitrogens with zero attached hydrogens (tertiary/aromatic N) is 4. The smallest absolute Gasteiger partial charge is 0.416 e. The highest BCUT2D eigenvalue weighted by molar-refractivity contribution is 7.15. The van der Waals surface area contributed by atoms with Crippen LogP contribution in [0.25, 0.3) is 10.7 Å². The molecule has 0 aliphatic heterocycles. The summed E-state index contributed by atoms with van der Waals surface area (Å²) < 4.78 is 38.9. The third kappa shape index (κ3) is 4.87.